The van der Waals surface area contributed by atoms with Crippen molar-refractivity contribution in [1.29, 1.82) is 0 Å². The van der Waals surface area contributed by atoms with Crippen LogP contribution in [0.4, 0.5) is 0 Å². The summed E-state index contributed by atoms with van der Waals surface area (Å²) in [5.74, 6) is 0. The van der Waals surface area contributed by atoms with Gasteiger partial charge in [0.25, 0.3) is 0 Å². The maximum atomic E-state index is 5.38. The molecular formula is C11H26N2O2. The van der Waals surface area contributed by atoms with Crippen molar-refractivity contribution in [3.05, 3.63) is 0 Å². The second-order valence-corrected chi connectivity index (χ2v) is 3.74. The highest BCUT2D eigenvalue weighted by Gasteiger charge is 1.94. The lowest BCUT2D eigenvalue weighted by Gasteiger charge is -2.06. The van der Waals surface area contributed by atoms with Crippen LogP contribution in [0.5, 0.6) is 0 Å². The van der Waals surface area contributed by atoms with Gasteiger partial charge in [0.05, 0.1) is 6.17 Å². The number of hydrogen-bond acceptors (Lipinski definition) is 4. The molecule has 0 atom stereocenters. The molecule has 0 fully saturated rings. The Kier molecular flexibility index (Phi) is 11.8. The summed E-state index contributed by atoms with van der Waals surface area (Å²) < 4.78 is 10.7. The highest BCUT2D eigenvalue weighted by Crippen LogP contribution is 1.97. The van der Waals surface area contributed by atoms with Crippen LogP contribution in [-0.4, -0.2) is 32.6 Å². The van der Waals surface area contributed by atoms with Gasteiger partial charge in [-0.1, -0.05) is 6.92 Å². The van der Waals surface area contributed by atoms with Gasteiger partial charge in [-0.2, -0.15) is 0 Å². The molecule has 15 heavy (non-hydrogen) atoms. The largest absolute Gasteiger partial charge is 0.381 e. The molecular weight excluding hydrogens is 192 g/mol. The predicted octanol–water partition coefficient (Wildman–Crippen LogP) is 1.23. The van der Waals surface area contributed by atoms with Gasteiger partial charge in [0.2, 0.25) is 0 Å². The van der Waals surface area contributed by atoms with Crippen molar-refractivity contribution in [2.24, 2.45) is 11.5 Å². The van der Waals surface area contributed by atoms with Crippen LogP contribution in [-0.2, 0) is 9.47 Å². The zero-order chi connectivity index (χ0) is 11.4. The van der Waals surface area contributed by atoms with Gasteiger partial charge < -0.3 is 20.9 Å². The Hall–Kier alpha value is -0.160. The average Bonchev–Trinajstić information content (AvgIpc) is 2.20. The first-order valence-corrected chi connectivity index (χ1v) is 5.94. The lowest BCUT2D eigenvalue weighted by molar-refractivity contribution is 0.112. The summed E-state index contributed by atoms with van der Waals surface area (Å²) in [6.07, 6.45) is 4.97. The molecule has 0 aliphatic rings. The van der Waals surface area contributed by atoms with Gasteiger partial charge in [-0.05, 0) is 32.1 Å². The van der Waals surface area contributed by atoms with Gasteiger partial charge in [0.15, 0.2) is 0 Å². The number of unbranched alkanes of at least 4 members (excludes halogenated alkanes) is 2. The number of nitrogens with two attached hydrogens (primary N) is 2. The van der Waals surface area contributed by atoms with E-state index in [2.05, 4.69) is 6.92 Å². The third kappa shape index (κ3) is 13.8. The molecule has 0 aromatic rings. The summed E-state index contributed by atoms with van der Waals surface area (Å²) >= 11 is 0. The maximum Gasteiger partial charge on any atom is 0.0543 e. The maximum absolute atomic E-state index is 5.38. The summed E-state index contributed by atoms with van der Waals surface area (Å²) in [6, 6.07) is 0. The first-order valence-electron chi connectivity index (χ1n) is 5.94. The minimum atomic E-state index is -0.243. The number of ether oxygens (including phenoxy) is 2. The fourth-order valence-corrected chi connectivity index (χ4v) is 1.15. The highest BCUT2D eigenvalue weighted by atomic mass is 16.5. The molecule has 0 aromatic carbocycles. The Morgan fingerprint density at radius 1 is 0.867 bits per heavy atom. The van der Waals surface area contributed by atoms with E-state index < -0.39 is 0 Å². The van der Waals surface area contributed by atoms with Crippen molar-refractivity contribution in [3.8, 4) is 0 Å². The molecule has 0 aromatic heterocycles. The van der Waals surface area contributed by atoms with E-state index in [1.165, 1.54) is 6.42 Å². The summed E-state index contributed by atoms with van der Waals surface area (Å²) in [4.78, 5) is 0. The summed E-state index contributed by atoms with van der Waals surface area (Å²) in [5, 5.41) is 0. The Bertz CT molecular complexity index is 121. The lowest BCUT2D eigenvalue weighted by atomic mass is 10.2. The van der Waals surface area contributed by atoms with Crippen LogP contribution in [0.2, 0.25) is 0 Å². The molecule has 4 heteroatoms. The normalized spacial score (nSPS) is 11.2. The van der Waals surface area contributed by atoms with Crippen molar-refractivity contribution in [1.82, 2.24) is 0 Å². The molecule has 92 valence electrons. The van der Waals surface area contributed by atoms with Crippen LogP contribution >= 0.6 is 0 Å². The fraction of sp³-hybridized carbons (Fsp3) is 1.00. The van der Waals surface area contributed by atoms with Crippen LogP contribution in [0, 0.1) is 0 Å². The van der Waals surface area contributed by atoms with Crippen LogP contribution < -0.4 is 11.5 Å². The van der Waals surface area contributed by atoms with Crippen LogP contribution in [0.15, 0.2) is 0 Å². The molecule has 0 saturated carbocycles. The Balaban J connectivity index is 2.87. The average molecular weight is 218 g/mol. The first kappa shape index (κ1) is 14.8. The SMILES string of the molecule is CCCOCCCCCOCCC(N)N. The predicted molar refractivity (Wildman–Crippen MR) is 62.6 cm³/mol. The molecule has 0 radical (unpaired) electrons. The molecule has 0 rings (SSSR count). The second kappa shape index (κ2) is 11.9. The smallest absolute Gasteiger partial charge is 0.0543 e. The van der Waals surface area contributed by atoms with Crippen molar-refractivity contribution < 1.29 is 9.47 Å². The van der Waals surface area contributed by atoms with Gasteiger partial charge in [0.1, 0.15) is 0 Å². The molecule has 0 heterocycles. The van der Waals surface area contributed by atoms with E-state index in [1.807, 2.05) is 0 Å². The molecule has 4 N–H and O–H groups in total. The second-order valence-electron chi connectivity index (χ2n) is 3.74. The lowest BCUT2D eigenvalue weighted by Crippen LogP contribution is -2.31. The molecule has 0 aliphatic heterocycles. The van der Waals surface area contributed by atoms with Crippen LogP contribution in [0.3, 0.4) is 0 Å². The van der Waals surface area contributed by atoms with E-state index in [4.69, 9.17) is 20.9 Å². The minimum Gasteiger partial charge on any atom is -0.381 e. The van der Waals surface area contributed by atoms with Gasteiger partial charge in [-0.3, -0.25) is 0 Å². The van der Waals surface area contributed by atoms with E-state index in [0.29, 0.717) is 6.61 Å². The zero-order valence-corrected chi connectivity index (χ0v) is 9.91. The van der Waals surface area contributed by atoms with E-state index >= 15 is 0 Å². The Morgan fingerprint density at radius 3 is 2.00 bits per heavy atom. The van der Waals surface area contributed by atoms with Crippen LogP contribution in [0.1, 0.15) is 39.0 Å². The van der Waals surface area contributed by atoms with Crippen LogP contribution in [0.25, 0.3) is 0 Å². The van der Waals surface area contributed by atoms with Gasteiger partial charge in [-0.25, -0.2) is 0 Å². The first-order chi connectivity index (χ1) is 7.27. The van der Waals surface area contributed by atoms with Gasteiger partial charge in [-0.15, -0.1) is 0 Å². The molecule has 0 bridgehead atoms. The summed E-state index contributed by atoms with van der Waals surface area (Å²) in [5.41, 5.74) is 10.8. The third-order valence-electron chi connectivity index (χ3n) is 2.02. The van der Waals surface area contributed by atoms with Crippen molar-refractivity contribution in [2.45, 2.75) is 45.2 Å². The van der Waals surface area contributed by atoms with E-state index in [9.17, 15) is 0 Å². The summed E-state index contributed by atoms with van der Waals surface area (Å²) in [6.45, 7) is 5.35. The topological polar surface area (TPSA) is 70.5 Å². The Labute approximate surface area is 93.3 Å². The van der Waals surface area contributed by atoms with E-state index in [1.54, 1.807) is 0 Å². The van der Waals surface area contributed by atoms with E-state index in [0.717, 1.165) is 45.5 Å². The molecule has 0 saturated heterocycles. The van der Waals surface area contributed by atoms with Gasteiger partial charge in [0, 0.05) is 26.4 Å². The quantitative estimate of drug-likeness (QED) is 0.404. The van der Waals surface area contributed by atoms with Gasteiger partial charge >= 0.3 is 0 Å². The molecule has 4 nitrogen and oxygen atoms in total. The molecule has 0 aliphatic carbocycles. The zero-order valence-electron chi connectivity index (χ0n) is 9.91. The Morgan fingerprint density at radius 2 is 1.47 bits per heavy atom. The van der Waals surface area contributed by atoms with Crippen molar-refractivity contribution in [3.63, 3.8) is 0 Å². The molecule has 0 spiro atoms. The van der Waals surface area contributed by atoms with Crippen molar-refractivity contribution in [2.75, 3.05) is 26.4 Å². The fourth-order valence-electron chi connectivity index (χ4n) is 1.15. The molecule has 0 unspecified atom stereocenters. The van der Waals surface area contributed by atoms with Crippen molar-refractivity contribution >= 4 is 0 Å². The highest BCUT2D eigenvalue weighted by molar-refractivity contribution is 4.48. The minimum absolute atomic E-state index is 0.243. The summed E-state index contributed by atoms with van der Waals surface area (Å²) in [7, 11) is 0. The standard InChI is InChI=1S/C11H26N2O2/c1-2-7-14-8-4-3-5-9-15-10-6-11(12)13/h11H,2-10,12-13H2,1H3. The number of hydrogen-bond donors (Lipinski definition) is 2. The number of rotatable bonds is 11. The molecule has 0 amide bonds. The monoisotopic (exact) mass is 218 g/mol. The van der Waals surface area contributed by atoms with E-state index in [-0.39, 0.29) is 6.17 Å². The third-order valence-corrected chi connectivity index (χ3v) is 2.02.